The molecule has 3 aromatic rings. The van der Waals surface area contributed by atoms with Crippen LogP contribution >= 0.6 is 0 Å². The van der Waals surface area contributed by atoms with E-state index in [-0.39, 0.29) is 5.91 Å². The molecule has 4 rings (SSSR count). The average molecular weight is 322 g/mol. The minimum Gasteiger partial charge on any atom is -0.495 e. The molecule has 1 saturated carbocycles. The van der Waals surface area contributed by atoms with Gasteiger partial charge in [0.1, 0.15) is 5.75 Å². The summed E-state index contributed by atoms with van der Waals surface area (Å²) < 4.78 is 7.23. The van der Waals surface area contributed by atoms with Crippen molar-refractivity contribution in [1.82, 2.24) is 14.4 Å². The van der Waals surface area contributed by atoms with Gasteiger partial charge in [0.15, 0.2) is 0 Å². The Balaban J connectivity index is 1.65. The Morgan fingerprint density at radius 3 is 3.04 bits per heavy atom. The summed E-state index contributed by atoms with van der Waals surface area (Å²) in [5, 5.41) is 2.96. The molecular weight excluding hydrogens is 304 g/mol. The summed E-state index contributed by atoms with van der Waals surface area (Å²) >= 11 is 0. The maximum absolute atomic E-state index is 12.1. The number of nitrogens with one attached hydrogen (secondary N) is 1. The highest BCUT2D eigenvalue weighted by Gasteiger charge is 2.24. The van der Waals surface area contributed by atoms with Crippen LogP contribution in [0, 0.1) is 5.92 Å². The van der Waals surface area contributed by atoms with Gasteiger partial charge >= 0.3 is 0 Å². The molecule has 1 aliphatic rings. The zero-order chi connectivity index (χ0) is 16.5. The fourth-order valence-electron chi connectivity index (χ4n) is 2.72. The van der Waals surface area contributed by atoms with E-state index in [1.165, 1.54) is 0 Å². The number of aromatic nitrogens is 3. The number of hydrogen-bond donors (Lipinski definition) is 1. The molecule has 1 amide bonds. The van der Waals surface area contributed by atoms with Gasteiger partial charge < -0.3 is 10.1 Å². The van der Waals surface area contributed by atoms with E-state index in [0.717, 1.165) is 24.1 Å². The van der Waals surface area contributed by atoms with Crippen molar-refractivity contribution in [2.24, 2.45) is 5.92 Å². The van der Waals surface area contributed by atoms with Crippen LogP contribution in [0.4, 0.5) is 5.69 Å². The summed E-state index contributed by atoms with van der Waals surface area (Å²) in [5.74, 6) is 1.86. The van der Waals surface area contributed by atoms with Gasteiger partial charge in [-0.25, -0.2) is 9.97 Å². The molecule has 2 aromatic heterocycles. The fourth-order valence-corrected chi connectivity index (χ4v) is 2.72. The van der Waals surface area contributed by atoms with Gasteiger partial charge in [0, 0.05) is 30.6 Å². The average Bonchev–Trinajstić information content (AvgIpc) is 3.29. The zero-order valence-corrected chi connectivity index (χ0v) is 13.4. The van der Waals surface area contributed by atoms with Crippen molar-refractivity contribution in [3.63, 3.8) is 0 Å². The molecule has 1 N–H and O–H groups in total. The second-order valence-corrected chi connectivity index (χ2v) is 6.06. The summed E-state index contributed by atoms with van der Waals surface area (Å²) in [5.41, 5.74) is 2.38. The number of carbonyl (C=O) groups excluding carboxylic acids is 1. The third kappa shape index (κ3) is 2.95. The molecule has 1 fully saturated rings. The monoisotopic (exact) mass is 322 g/mol. The lowest BCUT2D eigenvalue weighted by Crippen LogP contribution is -2.12. The van der Waals surface area contributed by atoms with E-state index in [1.807, 2.05) is 41.1 Å². The SMILES string of the molecule is COc1ccc(-c2cn3cccnc3n2)cc1NC(=O)CC1CC1. The topological polar surface area (TPSA) is 68.5 Å². The van der Waals surface area contributed by atoms with Crippen LogP contribution < -0.4 is 10.1 Å². The smallest absolute Gasteiger partial charge is 0.234 e. The normalized spacial score (nSPS) is 13.9. The van der Waals surface area contributed by atoms with Crippen molar-refractivity contribution in [3.8, 4) is 17.0 Å². The van der Waals surface area contributed by atoms with Crippen LogP contribution in [0.2, 0.25) is 0 Å². The highest BCUT2D eigenvalue weighted by Crippen LogP contribution is 2.34. The summed E-state index contributed by atoms with van der Waals surface area (Å²) in [6, 6.07) is 7.53. The van der Waals surface area contributed by atoms with Crippen LogP contribution in [0.15, 0.2) is 42.9 Å². The Kier molecular flexibility index (Phi) is 3.65. The lowest BCUT2D eigenvalue weighted by Gasteiger charge is -2.11. The Morgan fingerprint density at radius 1 is 1.42 bits per heavy atom. The molecule has 0 spiro atoms. The van der Waals surface area contributed by atoms with Gasteiger partial charge in [-0.1, -0.05) is 0 Å². The number of benzene rings is 1. The summed E-state index contributed by atoms with van der Waals surface area (Å²) in [6.07, 6.45) is 8.41. The van der Waals surface area contributed by atoms with Crippen molar-refractivity contribution in [2.75, 3.05) is 12.4 Å². The first-order valence-corrected chi connectivity index (χ1v) is 8.01. The Morgan fingerprint density at radius 2 is 2.29 bits per heavy atom. The first-order valence-electron chi connectivity index (χ1n) is 8.01. The minimum atomic E-state index is 0.0321. The lowest BCUT2D eigenvalue weighted by molar-refractivity contribution is -0.116. The second-order valence-electron chi connectivity index (χ2n) is 6.06. The van der Waals surface area contributed by atoms with Crippen LogP contribution in [-0.2, 0) is 4.79 Å². The second kappa shape index (κ2) is 5.96. The third-order valence-corrected chi connectivity index (χ3v) is 4.18. The van der Waals surface area contributed by atoms with E-state index in [1.54, 1.807) is 13.3 Å². The molecule has 6 nitrogen and oxygen atoms in total. The van der Waals surface area contributed by atoms with Crippen molar-refractivity contribution in [2.45, 2.75) is 19.3 Å². The number of methoxy groups -OCH3 is 1. The van der Waals surface area contributed by atoms with E-state index >= 15 is 0 Å². The molecule has 122 valence electrons. The van der Waals surface area contributed by atoms with Gasteiger partial charge in [0.2, 0.25) is 11.7 Å². The molecule has 0 aliphatic heterocycles. The zero-order valence-electron chi connectivity index (χ0n) is 13.4. The van der Waals surface area contributed by atoms with Crippen molar-refractivity contribution in [3.05, 3.63) is 42.9 Å². The number of ether oxygens (including phenoxy) is 1. The Hall–Kier alpha value is -2.89. The van der Waals surface area contributed by atoms with Gasteiger partial charge in [0.25, 0.3) is 0 Å². The van der Waals surface area contributed by atoms with Gasteiger partial charge in [-0.2, -0.15) is 0 Å². The van der Waals surface area contributed by atoms with Crippen LogP contribution in [-0.4, -0.2) is 27.4 Å². The van der Waals surface area contributed by atoms with Crippen molar-refractivity contribution < 1.29 is 9.53 Å². The van der Waals surface area contributed by atoms with Gasteiger partial charge in [-0.15, -0.1) is 0 Å². The molecule has 1 aliphatic carbocycles. The molecule has 2 heterocycles. The number of amides is 1. The number of imidazole rings is 1. The summed E-state index contributed by atoms with van der Waals surface area (Å²) in [6.45, 7) is 0. The molecule has 0 unspecified atom stereocenters. The maximum Gasteiger partial charge on any atom is 0.234 e. The standard InChI is InChI=1S/C18H18N4O2/c1-24-16-6-5-13(10-14(16)20-17(23)9-12-3-4-12)15-11-22-8-2-7-19-18(22)21-15/h2,5-8,10-12H,3-4,9H2,1H3,(H,20,23). The first-order chi connectivity index (χ1) is 11.7. The summed E-state index contributed by atoms with van der Waals surface area (Å²) in [7, 11) is 1.60. The quantitative estimate of drug-likeness (QED) is 0.783. The molecule has 0 saturated heterocycles. The maximum atomic E-state index is 12.1. The largest absolute Gasteiger partial charge is 0.495 e. The van der Waals surface area contributed by atoms with E-state index in [9.17, 15) is 4.79 Å². The molecule has 24 heavy (non-hydrogen) atoms. The summed E-state index contributed by atoms with van der Waals surface area (Å²) in [4.78, 5) is 20.9. The van der Waals surface area contributed by atoms with E-state index < -0.39 is 0 Å². The van der Waals surface area contributed by atoms with Gasteiger partial charge in [-0.3, -0.25) is 9.20 Å². The van der Waals surface area contributed by atoms with Crippen LogP contribution in [0.25, 0.3) is 17.0 Å². The Labute approximate surface area is 139 Å². The van der Waals surface area contributed by atoms with Crippen LogP contribution in [0.3, 0.4) is 0 Å². The van der Waals surface area contributed by atoms with Crippen molar-refractivity contribution >= 4 is 17.4 Å². The highest BCUT2D eigenvalue weighted by molar-refractivity contribution is 5.93. The van der Waals surface area contributed by atoms with Gasteiger partial charge in [-0.05, 0) is 43.0 Å². The fraction of sp³-hybridized carbons (Fsp3) is 0.278. The lowest BCUT2D eigenvalue weighted by atomic mass is 10.1. The minimum absolute atomic E-state index is 0.0321. The third-order valence-electron chi connectivity index (χ3n) is 4.18. The van der Waals surface area contributed by atoms with E-state index in [0.29, 0.717) is 29.6 Å². The molecule has 1 aromatic carbocycles. The number of anilines is 1. The molecule has 0 bridgehead atoms. The van der Waals surface area contributed by atoms with Crippen LogP contribution in [0.5, 0.6) is 5.75 Å². The number of fused-ring (bicyclic) bond motifs is 1. The van der Waals surface area contributed by atoms with E-state index in [2.05, 4.69) is 15.3 Å². The first kappa shape index (κ1) is 14.7. The molecule has 6 heteroatoms. The number of nitrogens with zero attached hydrogens (tertiary/aromatic N) is 3. The van der Waals surface area contributed by atoms with Crippen LogP contribution in [0.1, 0.15) is 19.3 Å². The van der Waals surface area contributed by atoms with Crippen molar-refractivity contribution in [1.29, 1.82) is 0 Å². The van der Waals surface area contributed by atoms with E-state index in [4.69, 9.17) is 4.74 Å². The highest BCUT2D eigenvalue weighted by atomic mass is 16.5. The van der Waals surface area contributed by atoms with Gasteiger partial charge in [0.05, 0.1) is 18.5 Å². The number of hydrogen-bond acceptors (Lipinski definition) is 4. The predicted octanol–water partition coefficient (Wildman–Crippen LogP) is 3.14. The number of rotatable bonds is 5. The number of carbonyl (C=O) groups is 1. The molecular formula is C18H18N4O2. The molecule has 0 radical (unpaired) electrons. The Bertz CT molecular complexity index is 866. The molecule has 0 atom stereocenters. The predicted molar refractivity (Wildman–Crippen MR) is 90.9 cm³/mol.